The molecule has 0 aromatic rings. The number of carbonyl (C=O) groups is 1. The first-order valence-corrected chi connectivity index (χ1v) is 6.81. The molecule has 0 heterocycles. The Labute approximate surface area is 112 Å². The normalized spacial score (nSPS) is 16.1. The van der Waals surface area contributed by atoms with Gasteiger partial charge in [0, 0.05) is 18.6 Å². The molecule has 2 atom stereocenters. The largest absolute Gasteiger partial charge is 0.368 e. The summed E-state index contributed by atoms with van der Waals surface area (Å²) in [5.41, 5.74) is 5.65. The van der Waals surface area contributed by atoms with E-state index in [0.29, 0.717) is 6.04 Å². The van der Waals surface area contributed by atoms with Gasteiger partial charge >= 0.3 is 0 Å². The summed E-state index contributed by atoms with van der Waals surface area (Å²) in [7, 11) is 2.10. The number of hydrogen-bond donors (Lipinski definition) is 2. The molecule has 18 heavy (non-hydrogen) atoms. The van der Waals surface area contributed by atoms with E-state index in [9.17, 15) is 4.79 Å². The standard InChI is InChI=1S/C14H31N3O/c1-10(2)16-12(13(15)18)8-9-17(7)11(3)14(4,5)6/h10-12,16H,8-9H2,1-7H3,(H2,15,18). The van der Waals surface area contributed by atoms with Crippen molar-refractivity contribution < 1.29 is 4.79 Å². The van der Waals surface area contributed by atoms with Crippen LogP contribution in [-0.2, 0) is 4.79 Å². The zero-order chi connectivity index (χ0) is 14.5. The van der Waals surface area contributed by atoms with Crippen LogP contribution in [0.4, 0.5) is 0 Å². The Kier molecular flexibility index (Phi) is 6.86. The van der Waals surface area contributed by atoms with E-state index in [4.69, 9.17) is 5.73 Å². The van der Waals surface area contributed by atoms with E-state index in [1.54, 1.807) is 0 Å². The summed E-state index contributed by atoms with van der Waals surface area (Å²) in [6.07, 6.45) is 0.754. The maximum Gasteiger partial charge on any atom is 0.234 e. The van der Waals surface area contributed by atoms with Gasteiger partial charge in [-0.15, -0.1) is 0 Å². The number of nitrogens with two attached hydrogens (primary N) is 1. The molecule has 4 nitrogen and oxygen atoms in total. The van der Waals surface area contributed by atoms with Crippen molar-refractivity contribution in [2.24, 2.45) is 11.1 Å². The molecule has 0 spiro atoms. The monoisotopic (exact) mass is 257 g/mol. The van der Waals surface area contributed by atoms with Crippen molar-refractivity contribution in [1.82, 2.24) is 10.2 Å². The summed E-state index contributed by atoms with van der Waals surface area (Å²) in [5, 5.41) is 3.21. The summed E-state index contributed by atoms with van der Waals surface area (Å²) >= 11 is 0. The summed E-state index contributed by atoms with van der Waals surface area (Å²) in [6, 6.07) is 0.498. The number of rotatable bonds is 7. The summed E-state index contributed by atoms with van der Waals surface area (Å²) in [4.78, 5) is 13.6. The first-order chi connectivity index (χ1) is 8.05. The molecule has 0 bridgehead atoms. The van der Waals surface area contributed by atoms with Crippen LogP contribution < -0.4 is 11.1 Å². The SMILES string of the molecule is CC(C)NC(CCN(C)C(C)C(C)(C)C)C(N)=O. The number of amides is 1. The Morgan fingerprint density at radius 3 is 2.11 bits per heavy atom. The molecule has 0 saturated heterocycles. The van der Waals surface area contributed by atoms with Crippen LogP contribution >= 0.6 is 0 Å². The van der Waals surface area contributed by atoms with Crippen LogP contribution in [0.1, 0.15) is 48.0 Å². The molecule has 0 aromatic heterocycles. The Balaban J connectivity index is 4.31. The molecule has 1 amide bonds. The van der Waals surface area contributed by atoms with Crippen molar-refractivity contribution >= 4 is 5.91 Å². The van der Waals surface area contributed by atoms with E-state index >= 15 is 0 Å². The van der Waals surface area contributed by atoms with E-state index in [1.165, 1.54) is 0 Å². The van der Waals surface area contributed by atoms with E-state index < -0.39 is 0 Å². The van der Waals surface area contributed by atoms with Crippen LogP contribution in [-0.4, -0.2) is 42.5 Å². The third kappa shape index (κ3) is 6.36. The van der Waals surface area contributed by atoms with Gasteiger partial charge in [-0.1, -0.05) is 34.6 Å². The second kappa shape index (κ2) is 7.10. The smallest absolute Gasteiger partial charge is 0.234 e. The van der Waals surface area contributed by atoms with Crippen molar-refractivity contribution in [2.75, 3.05) is 13.6 Å². The maximum atomic E-state index is 11.4. The predicted molar refractivity (Wildman–Crippen MR) is 77.4 cm³/mol. The highest BCUT2D eigenvalue weighted by atomic mass is 16.1. The third-order valence-electron chi connectivity index (χ3n) is 3.56. The molecule has 0 radical (unpaired) electrons. The zero-order valence-electron chi connectivity index (χ0n) is 13.1. The molecule has 3 N–H and O–H groups in total. The van der Waals surface area contributed by atoms with Gasteiger partial charge in [-0.2, -0.15) is 0 Å². The number of carbonyl (C=O) groups excluding carboxylic acids is 1. The van der Waals surface area contributed by atoms with E-state index in [0.717, 1.165) is 13.0 Å². The van der Waals surface area contributed by atoms with Gasteiger partial charge in [0.05, 0.1) is 6.04 Å². The van der Waals surface area contributed by atoms with Gasteiger partial charge in [0.2, 0.25) is 5.91 Å². The quantitative estimate of drug-likeness (QED) is 0.728. The van der Waals surface area contributed by atoms with Crippen LogP contribution in [0.15, 0.2) is 0 Å². The van der Waals surface area contributed by atoms with Gasteiger partial charge < -0.3 is 16.0 Å². The lowest BCUT2D eigenvalue weighted by molar-refractivity contribution is -0.120. The molecule has 0 aliphatic carbocycles. The van der Waals surface area contributed by atoms with Gasteiger partial charge in [0.25, 0.3) is 0 Å². The Hall–Kier alpha value is -0.610. The second-order valence-electron chi connectivity index (χ2n) is 6.59. The van der Waals surface area contributed by atoms with Crippen molar-refractivity contribution in [3.8, 4) is 0 Å². The molecular formula is C14H31N3O. The first kappa shape index (κ1) is 17.4. The fourth-order valence-electron chi connectivity index (χ4n) is 1.90. The molecule has 2 unspecified atom stereocenters. The van der Waals surface area contributed by atoms with Gasteiger partial charge in [-0.25, -0.2) is 0 Å². The fourth-order valence-corrected chi connectivity index (χ4v) is 1.90. The summed E-state index contributed by atoms with van der Waals surface area (Å²) in [6.45, 7) is 13.8. The van der Waals surface area contributed by atoms with Crippen molar-refractivity contribution in [3.05, 3.63) is 0 Å². The maximum absolute atomic E-state index is 11.4. The number of hydrogen-bond acceptors (Lipinski definition) is 3. The van der Waals surface area contributed by atoms with Gasteiger partial charge in [-0.3, -0.25) is 4.79 Å². The van der Waals surface area contributed by atoms with Crippen molar-refractivity contribution in [3.63, 3.8) is 0 Å². The molecule has 4 heteroatoms. The van der Waals surface area contributed by atoms with Crippen LogP contribution in [0.25, 0.3) is 0 Å². The van der Waals surface area contributed by atoms with Crippen molar-refractivity contribution in [1.29, 1.82) is 0 Å². The molecule has 0 rings (SSSR count). The zero-order valence-corrected chi connectivity index (χ0v) is 13.1. The van der Waals surface area contributed by atoms with E-state index in [1.807, 2.05) is 13.8 Å². The Morgan fingerprint density at radius 1 is 1.28 bits per heavy atom. The minimum Gasteiger partial charge on any atom is -0.368 e. The fraction of sp³-hybridized carbons (Fsp3) is 0.929. The molecule has 0 aliphatic rings. The third-order valence-corrected chi connectivity index (χ3v) is 3.56. The number of primary amides is 1. The molecule has 0 aliphatic heterocycles. The highest BCUT2D eigenvalue weighted by Gasteiger charge is 2.25. The van der Waals surface area contributed by atoms with Crippen LogP contribution in [0.5, 0.6) is 0 Å². The lowest BCUT2D eigenvalue weighted by atomic mass is 9.87. The van der Waals surface area contributed by atoms with Crippen molar-refractivity contribution in [2.45, 2.75) is 66.1 Å². The number of nitrogens with one attached hydrogen (secondary N) is 1. The topological polar surface area (TPSA) is 58.4 Å². The lowest BCUT2D eigenvalue weighted by Gasteiger charge is -2.36. The molecule has 0 fully saturated rings. The Bertz CT molecular complexity index is 258. The van der Waals surface area contributed by atoms with Crippen LogP contribution in [0.2, 0.25) is 0 Å². The minimum absolute atomic E-state index is 0.236. The first-order valence-electron chi connectivity index (χ1n) is 6.81. The summed E-state index contributed by atoms with van der Waals surface area (Å²) in [5.74, 6) is -0.263. The van der Waals surface area contributed by atoms with Gasteiger partial charge in [0.15, 0.2) is 0 Å². The van der Waals surface area contributed by atoms with E-state index in [2.05, 4.69) is 45.0 Å². The molecule has 0 saturated carbocycles. The Morgan fingerprint density at radius 2 is 1.78 bits per heavy atom. The van der Waals surface area contributed by atoms with Crippen LogP contribution in [0, 0.1) is 5.41 Å². The van der Waals surface area contributed by atoms with E-state index in [-0.39, 0.29) is 23.4 Å². The molecule has 0 aromatic carbocycles. The number of nitrogens with zero attached hydrogens (tertiary/aromatic N) is 1. The predicted octanol–water partition coefficient (Wildman–Crippen LogP) is 1.59. The highest BCUT2D eigenvalue weighted by molar-refractivity contribution is 5.79. The molecular weight excluding hydrogens is 226 g/mol. The summed E-state index contributed by atoms with van der Waals surface area (Å²) < 4.78 is 0. The minimum atomic E-state index is -0.263. The average molecular weight is 257 g/mol. The average Bonchev–Trinajstić information content (AvgIpc) is 2.20. The second-order valence-corrected chi connectivity index (χ2v) is 6.59. The molecule has 108 valence electrons. The lowest BCUT2D eigenvalue weighted by Crippen LogP contribution is -2.47. The highest BCUT2D eigenvalue weighted by Crippen LogP contribution is 2.23. The van der Waals surface area contributed by atoms with Gasteiger partial charge in [0.1, 0.15) is 0 Å². The van der Waals surface area contributed by atoms with Gasteiger partial charge in [-0.05, 0) is 25.8 Å². The van der Waals surface area contributed by atoms with Crippen LogP contribution in [0.3, 0.4) is 0 Å².